The molecule has 0 aliphatic carbocycles. The summed E-state index contributed by atoms with van der Waals surface area (Å²) in [6, 6.07) is -1.18. The van der Waals surface area contributed by atoms with Gasteiger partial charge in [0.2, 0.25) is 0 Å². The minimum absolute atomic E-state index is 0.0396. The summed E-state index contributed by atoms with van der Waals surface area (Å²) in [6.07, 6.45) is 1.39. The van der Waals surface area contributed by atoms with Gasteiger partial charge in [-0.25, -0.2) is 4.72 Å². The summed E-state index contributed by atoms with van der Waals surface area (Å²) in [5.41, 5.74) is 0. The molecule has 0 bridgehead atoms. The molecule has 0 aliphatic heterocycles. The molecule has 0 aromatic carbocycles. The summed E-state index contributed by atoms with van der Waals surface area (Å²) in [4.78, 5) is 10.7. The lowest BCUT2D eigenvalue weighted by Gasteiger charge is -2.14. The van der Waals surface area contributed by atoms with E-state index < -0.39 is 22.2 Å². The van der Waals surface area contributed by atoms with Gasteiger partial charge in [-0.1, -0.05) is 19.9 Å². The van der Waals surface area contributed by atoms with E-state index >= 15 is 0 Å². The van der Waals surface area contributed by atoms with Gasteiger partial charge in [0.25, 0.3) is 10.2 Å². The fraction of sp³-hybridized carbons (Fsp3) is 0.667. The number of rotatable bonds is 8. The maximum absolute atomic E-state index is 11.4. The van der Waals surface area contributed by atoms with E-state index in [9.17, 15) is 13.2 Å². The number of carboxylic acid groups (broad SMARTS) is 1. The molecule has 16 heavy (non-hydrogen) atoms. The van der Waals surface area contributed by atoms with Crippen molar-refractivity contribution in [2.24, 2.45) is 5.92 Å². The summed E-state index contributed by atoms with van der Waals surface area (Å²) < 4.78 is 27.1. The summed E-state index contributed by atoms with van der Waals surface area (Å²) in [7, 11) is -3.77. The Kier molecular flexibility index (Phi) is 6.24. The Morgan fingerprint density at radius 3 is 2.44 bits per heavy atom. The molecule has 0 saturated carbocycles. The van der Waals surface area contributed by atoms with E-state index in [4.69, 9.17) is 5.11 Å². The molecular formula is C9H18N2O4S. The second kappa shape index (κ2) is 6.62. The molecule has 0 aromatic heterocycles. The second-order valence-electron chi connectivity index (χ2n) is 3.78. The van der Waals surface area contributed by atoms with E-state index in [-0.39, 0.29) is 18.9 Å². The molecule has 94 valence electrons. The first kappa shape index (κ1) is 15.1. The Labute approximate surface area is 95.9 Å². The minimum Gasteiger partial charge on any atom is -0.480 e. The highest BCUT2D eigenvalue weighted by Gasteiger charge is 2.22. The Bertz CT molecular complexity index is 337. The van der Waals surface area contributed by atoms with Crippen LogP contribution >= 0.6 is 0 Å². The van der Waals surface area contributed by atoms with E-state index in [0.29, 0.717) is 0 Å². The van der Waals surface area contributed by atoms with Crippen molar-refractivity contribution in [3.05, 3.63) is 12.7 Å². The maximum Gasteiger partial charge on any atom is 0.322 e. The number of aliphatic carboxylic acids is 1. The first-order valence-electron chi connectivity index (χ1n) is 4.89. The van der Waals surface area contributed by atoms with E-state index in [2.05, 4.69) is 11.3 Å². The van der Waals surface area contributed by atoms with E-state index in [1.165, 1.54) is 6.08 Å². The SMILES string of the molecule is C=CCC(NS(=O)(=O)NCC(C)C)C(=O)O. The molecule has 1 atom stereocenters. The minimum atomic E-state index is -3.77. The Morgan fingerprint density at radius 1 is 1.50 bits per heavy atom. The van der Waals surface area contributed by atoms with Gasteiger partial charge in [-0.05, 0) is 12.3 Å². The van der Waals surface area contributed by atoms with Gasteiger partial charge < -0.3 is 5.11 Å². The molecule has 1 unspecified atom stereocenters. The van der Waals surface area contributed by atoms with Gasteiger partial charge in [-0.2, -0.15) is 13.1 Å². The van der Waals surface area contributed by atoms with Crippen molar-refractivity contribution in [2.75, 3.05) is 6.54 Å². The molecule has 7 heteroatoms. The van der Waals surface area contributed by atoms with Crippen molar-refractivity contribution in [3.63, 3.8) is 0 Å². The van der Waals surface area contributed by atoms with Crippen LogP contribution in [0.25, 0.3) is 0 Å². The van der Waals surface area contributed by atoms with Crippen LogP contribution in [-0.4, -0.2) is 32.1 Å². The molecule has 0 aromatic rings. The maximum atomic E-state index is 11.4. The van der Waals surface area contributed by atoms with Crippen molar-refractivity contribution in [1.29, 1.82) is 0 Å². The van der Waals surface area contributed by atoms with Gasteiger partial charge in [0, 0.05) is 6.54 Å². The summed E-state index contributed by atoms with van der Waals surface area (Å²) >= 11 is 0. The highest BCUT2D eigenvalue weighted by atomic mass is 32.2. The lowest BCUT2D eigenvalue weighted by atomic mass is 10.2. The zero-order valence-corrected chi connectivity index (χ0v) is 10.3. The van der Waals surface area contributed by atoms with Gasteiger partial charge in [0.1, 0.15) is 6.04 Å². The molecule has 0 radical (unpaired) electrons. The van der Waals surface area contributed by atoms with Crippen LogP contribution in [0.3, 0.4) is 0 Å². The number of carbonyl (C=O) groups is 1. The molecule has 0 heterocycles. The number of nitrogens with one attached hydrogen (secondary N) is 2. The predicted molar refractivity (Wildman–Crippen MR) is 61.1 cm³/mol. The molecular weight excluding hydrogens is 232 g/mol. The zero-order chi connectivity index (χ0) is 12.8. The average Bonchev–Trinajstić information content (AvgIpc) is 2.14. The highest BCUT2D eigenvalue weighted by molar-refractivity contribution is 7.87. The second-order valence-corrected chi connectivity index (χ2v) is 5.31. The van der Waals surface area contributed by atoms with Crippen molar-refractivity contribution < 1.29 is 18.3 Å². The van der Waals surface area contributed by atoms with Gasteiger partial charge >= 0.3 is 5.97 Å². The molecule has 0 fully saturated rings. The topological polar surface area (TPSA) is 95.5 Å². The van der Waals surface area contributed by atoms with Crippen LogP contribution in [0.5, 0.6) is 0 Å². The normalized spacial score (nSPS) is 13.7. The molecule has 3 N–H and O–H groups in total. The van der Waals surface area contributed by atoms with Gasteiger partial charge in [0.15, 0.2) is 0 Å². The number of hydrogen-bond acceptors (Lipinski definition) is 3. The van der Waals surface area contributed by atoms with E-state index in [1.54, 1.807) is 0 Å². The smallest absolute Gasteiger partial charge is 0.322 e. The third-order valence-corrected chi connectivity index (χ3v) is 2.82. The average molecular weight is 250 g/mol. The Hall–Kier alpha value is -0.920. The van der Waals surface area contributed by atoms with E-state index in [0.717, 1.165) is 0 Å². The largest absolute Gasteiger partial charge is 0.480 e. The van der Waals surface area contributed by atoms with Gasteiger partial charge in [-0.3, -0.25) is 4.79 Å². The lowest BCUT2D eigenvalue weighted by molar-refractivity contribution is -0.138. The van der Waals surface area contributed by atoms with Crippen LogP contribution in [0.4, 0.5) is 0 Å². The molecule has 0 amide bonds. The van der Waals surface area contributed by atoms with Crippen molar-refractivity contribution >= 4 is 16.2 Å². The van der Waals surface area contributed by atoms with Crippen LogP contribution < -0.4 is 9.44 Å². The summed E-state index contributed by atoms with van der Waals surface area (Å²) in [6.45, 7) is 7.32. The molecule has 0 spiro atoms. The lowest BCUT2D eigenvalue weighted by Crippen LogP contribution is -2.46. The highest BCUT2D eigenvalue weighted by Crippen LogP contribution is 1.96. The number of hydrogen-bond donors (Lipinski definition) is 3. The van der Waals surface area contributed by atoms with Crippen molar-refractivity contribution in [2.45, 2.75) is 26.3 Å². The third-order valence-electron chi connectivity index (χ3n) is 1.68. The monoisotopic (exact) mass is 250 g/mol. The van der Waals surface area contributed by atoms with Crippen LogP contribution in [-0.2, 0) is 15.0 Å². The summed E-state index contributed by atoms with van der Waals surface area (Å²) in [5.74, 6) is -1.07. The van der Waals surface area contributed by atoms with E-state index in [1.807, 2.05) is 18.6 Å². The molecule has 6 nitrogen and oxygen atoms in total. The first-order valence-corrected chi connectivity index (χ1v) is 6.37. The fourth-order valence-electron chi connectivity index (χ4n) is 0.871. The quantitative estimate of drug-likeness (QED) is 0.532. The first-order chi connectivity index (χ1) is 7.28. The fourth-order valence-corrected chi connectivity index (χ4v) is 2.08. The van der Waals surface area contributed by atoms with Crippen LogP contribution in [0.2, 0.25) is 0 Å². The molecule has 0 saturated heterocycles. The van der Waals surface area contributed by atoms with Crippen LogP contribution in [0.1, 0.15) is 20.3 Å². The number of carboxylic acids is 1. The van der Waals surface area contributed by atoms with Crippen molar-refractivity contribution in [3.8, 4) is 0 Å². The van der Waals surface area contributed by atoms with Crippen LogP contribution in [0.15, 0.2) is 12.7 Å². The van der Waals surface area contributed by atoms with Crippen molar-refractivity contribution in [1.82, 2.24) is 9.44 Å². The Balaban J connectivity index is 4.41. The molecule has 0 aliphatic rings. The summed E-state index contributed by atoms with van der Waals surface area (Å²) in [5, 5.41) is 8.74. The van der Waals surface area contributed by atoms with Gasteiger partial charge in [0.05, 0.1) is 0 Å². The van der Waals surface area contributed by atoms with Gasteiger partial charge in [-0.15, -0.1) is 6.58 Å². The van der Waals surface area contributed by atoms with Crippen LogP contribution in [0, 0.1) is 5.92 Å². The third kappa shape index (κ3) is 6.54. The standard InChI is InChI=1S/C9H18N2O4S/c1-4-5-8(9(12)13)11-16(14,15)10-6-7(2)3/h4,7-8,10-11H,1,5-6H2,2-3H3,(H,12,13). The predicted octanol–water partition coefficient (Wildman–Crippen LogP) is 0.0957. The zero-order valence-electron chi connectivity index (χ0n) is 9.43. The molecule has 0 rings (SSSR count). The Morgan fingerprint density at radius 2 is 2.06 bits per heavy atom.